The molecule has 0 saturated carbocycles. The molecule has 0 radical (unpaired) electrons. The minimum atomic E-state index is -0.591. The molecule has 3 aromatic rings. The number of rotatable bonds is 6. The molecule has 0 aliphatic carbocycles. The van der Waals surface area contributed by atoms with E-state index in [0.29, 0.717) is 28.6 Å². The Morgan fingerprint density at radius 1 is 1.16 bits per heavy atom. The van der Waals surface area contributed by atoms with E-state index in [1.807, 2.05) is 24.3 Å². The largest absolute Gasteiger partial charge is 0.350 e. The molecule has 1 aliphatic heterocycles. The molecule has 8 heteroatoms. The van der Waals surface area contributed by atoms with Gasteiger partial charge in [0.05, 0.1) is 4.47 Å². The van der Waals surface area contributed by atoms with Crippen molar-refractivity contribution in [3.05, 3.63) is 70.1 Å². The molecule has 0 spiro atoms. The van der Waals surface area contributed by atoms with Crippen molar-refractivity contribution in [2.75, 3.05) is 6.54 Å². The maximum absolute atomic E-state index is 14.2. The third-order valence-electron chi connectivity index (χ3n) is 5.83. The summed E-state index contributed by atoms with van der Waals surface area (Å²) in [4.78, 5) is 39.5. The van der Waals surface area contributed by atoms with E-state index >= 15 is 0 Å². The summed E-state index contributed by atoms with van der Waals surface area (Å²) in [5.74, 6) is -0.956. The Kier molecular flexibility index (Phi) is 6.41. The summed E-state index contributed by atoms with van der Waals surface area (Å²) in [6, 6.07) is 11.8. The zero-order valence-electron chi connectivity index (χ0n) is 17.6. The number of hydrogen-bond donors (Lipinski definition) is 1. The quantitative estimate of drug-likeness (QED) is 0.520. The third kappa shape index (κ3) is 4.32. The van der Waals surface area contributed by atoms with Gasteiger partial charge in [0.1, 0.15) is 18.4 Å². The van der Waals surface area contributed by atoms with Crippen molar-refractivity contribution in [2.45, 2.75) is 38.9 Å². The number of para-hydroxylation sites is 1. The molecule has 2 heterocycles. The monoisotopic (exact) mass is 499 g/mol. The average molecular weight is 500 g/mol. The number of nitrogens with zero attached hydrogens (tertiary/aromatic N) is 2. The summed E-state index contributed by atoms with van der Waals surface area (Å²) in [5.41, 5.74) is 1.75. The maximum atomic E-state index is 14.2. The topological polar surface area (TPSA) is 71.4 Å². The van der Waals surface area contributed by atoms with Gasteiger partial charge in [-0.05, 0) is 47.8 Å². The van der Waals surface area contributed by atoms with Gasteiger partial charge in [0.25, 0.3) is 0 Å². The Morgan fingerprint density at radius 2 is 1.94 bits per heavy atom. The van der Waals surface area contributed by atoms with Crippen LogP contribution in [0.15, 0.2) is 53.1 Å². The maximum Gasteiger partial charge on any atom is 0.243 e. The number of fused-ring (bicyclic) bond motifs is 1. The third-order valence-corrected chi connectivity index (χ3v) is 6.45. The minimum absolute atomic E-state index is 0.0395. The Hall–Kier alpha value is -3.00. The lowest BCUT2D eigenvalue weighted by atomic mass is 10.1. The zero-order valence-corrected chi connectivity index (χ0v) is 19.2. The molecule has 1 aromatic heterocycles. The Balaban J connectivity index is 1.47. The van der Waals surface area contributed by atoms with Crippen LogP contribution in [-0.4, -0.2) is 39.7 Å². The summed E-state index contributed by atoms with van der Waals surface area (Å²) in [6.07, 6.45) is 2.98. The predicted molar refractivity (Wildman–Crippen MR) is 123 cm³/mol. The van der Waals surface area contributed by atoms with Crippen molar-refractivity contribution in [3.8, 4) is 0 Å². The van der Waals surface area contributed by atoms with Crippen molar-refractivity contribution < 1.29 is 18.8 Å². The van der Waals surface area contributed by atoms with Gasteiger partial charge in [-0.15, -0.1) is 0 Å². The van der Waals surface area contributed by atoms with E-state index in [4.69, 9.17) is 0 Å². The highest BCUT2D eigenvalue weighted by Crippen LogP contribution is 2.24. The lowest BCUT2D eigenvalue weighted by molar-refractivity contribution is -0.138. The average Bonchev–Trinajstić information content (AvgIpc) is 3.40. The van der Waals surface area contributed by atoms with Crippen molar-refractivity contribution in [3.63, 3.8) is 0 Å². The first kappa shape index (κ1) is 22.2. The van der Waals surface area contributed by atoms with E-state index in [1.165, 1.54) is 6.92 Å². The number of amides is 2. The first-order chi connectivity index (χ1) is 15.4. The summed E-state index contributed by atoms with van der Waals surface area (Å²) in [5, 5.41) is 3.57. The first-order valence-corrected chi connectivity index (χ1v) is 11.2. The Morgan fingerprint density at radius 3 is 2.72 bits per heavy atom. The predicted octanol–water partition coefficient (Wildman–Crippen LogP) is 4.05. The van der Waals surface area contributed by atoms with Gasteiger partial charge in [0, 0.05) is 41.3 Å². The molecule has 166 valence electrons. The molecule has 1 fully saturated rings. The fourth-order valence-corrected chi connectivity index (χ4v) is 4.62. The van der Waals surface area contributed by atoms with Crippen LogP contribution >= 0.6 is 15.9 Å². The zero-order chi connectivity index (χ0) is 22.8. The van der Waals surface area contributed by atoms with E-state index in [0.717, 1.165) is 17.3 Å². The van der Waals surface area contributed by atoms with Crippen LogP contribution in [0.2, 0.25) is 0 Å². The number of aromatic nitrogens is 1. The molecule has 4 rings (SSSR count). The normalized spacial score (nSPS) is 15.8. The molecule has 1 atom stereocenters. The molecular formula is C24H23BrFN3O3. The Labute approximate surface area is 193 Å². The van der Waals surface area contributed by atoms with Gasteiger partial charge in [0.15, 0.2) is 5.78 Å². The number of carbonyl (C=O) groups is 3. The second kappa shape index (κ2) is 9.24. The SMILES string of the molecule is CC(=O)c1cn(CC(=O)N2CCC[C@H]2C(=O)NCc2cccc(Br)c2F)c2ccccc12. The standard InChI is InChI=1S/C24H23BrFN3O3/c1-15(30)18-13-28(20-9-3-2-7-17(18)20)14-22(31)29-11-5-10-21(29)24(32)27-12-16-6-4-8-19(25)23(16)26/h2-4,6-9,13,21H,5,10-12,14H2,1H3,(H,27,32)/t21-/m0/s1. The molecule has 2 aromatic carbocycles. The number of benzene rings is 2. The summed E-state index contributed by atoms with van der Waals surface area (Å²) in [6.45, 7) is 2.08. The van der Waals surface area contributed by atoms with Crippen LogP contribution in [0.1, 0.15) is 35.7 Å². The summed E-state index contributed by atoms with van der Waals surface area (Å²) >= 11 is 3.14. The number of likely N-dealkylation sites (tertiary alicyclic amines) is 1. The van der Waals surface area contributed by atoms with Gasteiger partial charge in [-0.2, -0.15) is 0 Å². The lowest BCUT2D eigenvalue weighted by Crippen LogP contribution is -2.46. The van der Waals surface area contributed by atoms with E-state index in [9.17, 15) is 18.8 Å². The molecule has 2 amide bonds. The molecular weight excluding hydrogens is 477 g/mol. The molecule has 32 heavy (non-hydrogen) atoms. The number of Topliss-reactive ketones (excluding diaryl/α,β-unsaturated/α-hetero) is 1. The van der Waals surface area contributed by atoms with Gasteiger partial charge in [-0.3, -0.25) is 14.4 Å². The van der Waals surface area contributed by atoms with E-state index in [2.05, 4.69) is 21.2 Å². The fourth-order valence-electron chi connectivity index (χ4n) is 4.22. The van der Waals surface area contributed by atoms with Crippen LogP contribution in [0.3, 0.4) is 0 Å². The molecule has 1 N–H and O–H groups in total. The highest BCUT2D eigenvalue weighted by molar-refractivity contribution is 9.10. The second-order valence-electron chi connectivity index (χ2n) is 7.92. The van der Waals surface area contributed by atoms with Crippen molar-refractivity contribution in [2.24, 2.45) is 0 Å². The van der Waals surface area contributed by atoms with Crippen LogP contribution in [0.25, 0.3) is 10.9 Å². The molecule has 6 nitrogen and oxygen atoms in total. The smallest absolute Gasteiger partial charge is 0.243 e. The van der Waals surface area contributed by atoms with Crippen molar-refractivity contribution >= 4 is 44.4 Å². The molecule has 0 unspecified atom stereocenters. The van der Waals surface area contributed by atoms with Crippen molar-refractivity contribution in [1.29, 1.82) is 0 Å². The van der Waals surface area contributed by atoms with Gasteiger partial charge < -0.3 is 14.8 Å². The molecule has 1 aliphatic rings. The minimum Gasteiger partial charge on any atom is -0.350 e. The van der Waals surface area contributed by atoms with Crippen molar-refractivity contribution in [1.82, 2.24) is 14.8 Å². The number of ketones is 1. The van der Waals surface area contributed by atoms with Gasteiger partial charge in [-0.1, -0.05) is 30.3 Å². The summed E-state index contributed by atoms with van der Waals surface area (Å²) in [7, 11) is 0. The summed E-state index contributed by atoms with van der Waals surface area (Å²) < 4.78 is 16.3. The lowest BCUT2D eigenvalue weighted by Gasteiger charge is -2.24. The number of halogens is 2. The van der Waals surface area contributed by atoms with Gasteiger partial charge in [-0.25, -0.2) is 4.39 Å². The van der Waals surface area contributed by atoms with Gasteiger partial charge in [0.2, 0.25) is 11.8 Å². The van der Waals surface area contributed by atoms with Crippen LogP contribution in [0.5, 0.6) is 0 Å². The van der Waals surface area contributed by atoms with Crippen LogP contribution in [0.4, 0.5) is 4.39 Å². The number of hydrogen-bond acceptors (Lipinski definition) is 3. The van der Waals surface area contributed by atoms with Crippen LogP contribution in [-0.2, 0) is 22.7 Å². The number of carbonyl (C=O) groups excluding carboxylic acids is 3. The second-order valence-corrected chi connectivity index (χ2v) is 8.77. The van der Waals surface area contributed by atoms with E-state index in [-0.39, 0.29) is 30.7 Å². The number of nitrogens with one attached hydrogen (secondary N) is 1. The highest BCUT2D eigenvalue weighted by atomic mass is 79.9. The molecule has 1 saturated heterocycles. The molecule has 0 bridgehead atoms. The van der Waals surface area contributed by atoms with Crippen LogP contribution < -0.4 is 5.32 Å². The van der Waals surface area contributed by atoms with E-state index < -0.39 is 11.9 Å². The van der Waals surface area contributed by atoms with E-state index in [1.54, 1.807) is 33.9 Å². The van der Waals surface area contributed by atoms with Crippen LogP contribution in [0, 0.1) is 5.82 Å². The highest BCUT2D eigenvalue weighted by Gasteiger charge is 2.34. The fraction of sp³-hybridized carbons (Fsp3) is 0.292. The van der Waals surface area contributed by atoms with Gasteiger partial charge >= 0.3 is 0 Å². The Bertz CT molecular complexity index is 1210. The first-order valence-electron chi connectivity index (χ1n) is 10.5.